The quantitative estimate of drug-likeness (QED) is 0.330. The van der Waals surface area contributed by atoms with Gasteiger partial charge in [0.15, 0.2) is 11.6 Å². The largest absolute Gasteiger partial charge is 0.509 e. The Kier molecular flexibility index (Phi) is 8.18. The summed E-state index contributed by atoms with van der Waals surface area (Å²) in [6.45, 7) is 5.07. The van der Waals surface area contributed by atoms with Crippen LogP contribution in [0.15, 0.2) is 69.3 Å². The minimum absolute atomic E-state index is 0.113. The summed E-state index contributed by atoms with van der Waals surface area (Å²) in [5.41, 5.74) is -3.04. The van der Waals surface area contributed by atoms with Crippen LogP contribution in [0.1, 0.15) is 44.4 Å². The number of carbonyl (C=O) groups is 3. The third kappa shape index (κ3) is 5.92. The molecule has 0 unspecified atom stereocenters. The molecule has 192 valence electrons. The highest BCUT2D eigenvalue weighted by Gasteiger charge is 2.62. The zero-order valence-corrected chi connectivity index (χ0v) is 22.4. The molecule has 0 amide bonds. The fraction of sp³-hybridized carbons (Fsp3) is 0.423. The molecule has 10 heteroatoms. The zero-order chi connectivity index (χ0) is 26.6. The number of methoxy groups -OCH3 is 2. The Morgan fingerprint density at radius 1 is 0.944 bits per heavy atom. The van der Waals surface area contributed by atoms with E-state index in [1.807, 2.05) is 30.3 Å². The maximum absolute atomic E-state index is 13.4. The topological polar surface area (TPSA) is 113 Å². The Labute approximate surface area is 218 Å². The monoisotopic (exact) mass is 560 g/mol. The van der Waals surface area contributed by atoms with Gasteiger partial charge in [-0.15, -0.1) is 0 Å². The highest BCUT2D eigenvalue weighted by atomic mass is 79.9. The van der Waals surface area contributed by atoms with Crippen LogP contribution < -0.4 is 0 Å². The molecule has 1 heterocycles. The molecule has 0 aliphatic carbocycles. The van der Waals surface area contributed by atoms with Gasteiger partial charge in [-0.05, 0) is 44.0 Å². The molecule has 1 aliphatic rings. The van der Waals surface area contributed by atoms with E-state index >= 15 is 0 Å². The lowest BCUT2D eigenvalue weighted by Gasteiger charge is -2.33. The summed E-state index contributed by atoms with van der Waals surface area (Å²) >= 11 is 3.38. The van der Waals surface area contributed by atoms with Crippen molar-refractivity contribution in [2.45, 2.75) is 56.4 Å². The van der Waals surface area contributed by atoms with Crippen molar-refractivity contribution in [1.29, 1.82) is 0 Å². The first-order valence-corrected chi connectivity index (χ1v) is 12.0. The fourth-order valence-electron chi connectivity index (χ4n) is 4.10. The third-order valence-corrected chi connectivity index (χ3v) is 6.16. The maximum atomic E-state index is 13.4. The Morgan fingerprint density at radius 2 is 1.56 bits per heavy atom. The maximum Gasteiger partial charge on any atom is 0.509 e. The molecular formula is C26H29BrN2O7. The van der Waals surface area contributed by atoms with Gasteiger partial charge >= 0.3 is 18.1 Å². The van der Waals surface area contributed by atoms with Gasteiger partial charge in [-0.2, -0.15) is 10.2 Å². The van der Waals surface area contributed by atoms with Crippen molar-refractivity contribution in [3.8, 4) is 0 Å². The van der Waals surface area contributed by atoms with Crippen molar-refractivity contribution in [3.63, 3.8) is 0 Å². The molecule has 0 N–H and O–H groups in total. The standard InChI is InChI=1S/C26H29BrN2O7/c1-24(2,3)36-23(32)35-20(18-11-13-19(27)14-12-18)26(22(31)34-5)16-25(28-29-26,21(30)33-4)15-17-9-7-6-8-10-17/h6-14,20H,15-16H2,1-5H3/t20-,25+,26+/m0/s1. The number of hydrogen-bond donors (Lipinski definition) is 0. The first-order chi connectivity index (χ1) is 16.9. The average molecular weight is 561 g/mol. The summed E-state index contributed by atoms with van der Waals surface area (Å²) < 4.78 is 22.1. The third-order valence-electron chi connectivity index (χ3n) is 5.64. The van der Waals surface area contributed by atoms with E-state index in [4.69, 9.17) is 18.9 Å². The van der Waals surface area contributed by atoms with E-state index < -0.39 is 40.9 Å². The smallest absolute Gasteiger partial charge is 0.467 e. The highest BCUT2D eigenvalue weighted by molar-refractivity contribution is 9.10. The molecule has 36 heavy (non-hydrogen) atoms. The van der Waals surface area contributed by atoms with Gasteiger partial charge in [0.05, 0.1) is 14.2 Å². The Balaban J connectivity index is 2.12. The number of halogens is 1. The van der Waals surface area contributed by atoms with Gasteiger partial charge < -0.3 is 18.9 Å². The van der Waals surface area contributed by atoms with Crippen LogP contribution in [0.3, 0.4) is 0 Å². The van der Waals surface area contributed by atoms with E-state index in [1.54, 1.807) is 45.0 Å². The summed E-state index contributed by atoms with van der Waals surface area (Å²) in [4.78, 5) is 39.2. The highest BCUT2D eigenvalue weighted by Crippen LogP contribution is 2.48. The number of carbonyl (C=O) groups excluding carboxylic acids is 3. The van der Waals surface area contributed by atoms with Crippen molar-refractivity contribution in [1.82, 2.24) is 0 Å². The molecule has 0 spiro atoms. The first-order valence-electron chi connectivity index (χ1n) is 11.2. The lowest BCUT2D eigenvalue weighted by atomic mass is 9.76. The van der Waals surface area contributed by atoms with Gasteiger partial charge in [0.1, 0.15) is 5.60 Å². The van der Waals surface area contributed by atoms with Crippen molar-refractivity contribution >= 4 is 34.0 Å². The number of ether oxygens (including phenoxy) is 4. The Bertz CT molecular complexity index is 1130. The summed E-state index contributed by atoms with van der Waals surface area (Å²) in [6, 6.07) is 16.0. The van der Waals surface area contributed by atoms with Crippen LogP contribution in [0.2, 0.25) is 0 Å². The van der Waals surface area contributed by atoms with Crippen molar-refractivity contribution in [3.05, 3.63) is 70.2 Å². The molecule has 0 saturated heterocycles. The molecule has 1 aliphatic heterocycles. The van der Waals surface area contributed by atoms with Gasteiger partial charge in [-0.25, -0.2) is 14.4 Å². The zero-order valence-electron chi connectivity index (χ0n) is 20.8. The molecule has 0 saturated carbocycles. The number of benzene rings is 2. The van der Waals surface area contributed by atoms with Crippen LogP contribution in [-0.2, 0) is 35.0 Å². The molecule has 2 aromatic carbocycles. The van der Waals surface area contributed by atoms with E-state index in [0.29, 0.717) is 5.56 Å². The molecule has 0 fully saturated rings. The second kappa shape index (κ2) is 10.8. The average Bonchev–Trinajstić information content (AvgIpc) is 3.23. The summed E-state index contributed by atoms with van der Waals surface area (Å²) in [7, 11) is 2.44. The van der Waals surface area contributed by atoms with E-state index in [9.17, 15) is 14.4 Å². The van der Waals surface area contributed by atoms with Crippen LogP contribution in [0.4, 0.5) is 4.79 Å². The second-order valence-electron chi connectivity index (χ2n) is 9.49. The van der Waals surface area contributed by atoms with Gasteiger partial charge in [0.2, 0.25) is 5.54 Å². The number of nitrogens with zero attached hydrogens (tertiary/aromatic N) is 2. The van der Waals surface area contributed by atoms with Crippen molar-refractivity contribution < 1.29 is 33.3 Å². The van der Waals surface area contributed by atoms with Crippen LogP contribution in [-0.4, -0.2) is 49.0 Å². The molecule has 3 rings (SSSR count). The number of rotatable bonds is 7. The number of azo groups is 1. The lowest BCUT2D eigenvalue weighted by Crippen LogP contribution is -2.50. The van der Waals surface area contributed by atoms with E-state index in [1.165, 1.54) is 14.2 Å². The molecule has 3 atom stereocenters. The first kappa shape index (κ1) is 27.3. The van der Waals surface area contributed by atoms with E-state index in [2.05, 4.69) is 26.2 Å². The van der Waals surface area contributed by atoms with Gasteiger partial charge in [-0.1, -0.05) is 58.4 Å². The van der Waals surface area contributed by atoms with Crippen LogP contribution in [0.5, 0.6) is 0 Å². The Morgan fingerprint density at radius 3 is 2.11 bits per heavy atom. The lowest BCUT2D eigenvalue weighted by molar-refractivity contribution is -0.155. The van der Waals surface area contributed by atoms with Crippen molar-refractivity contribution in [2.75, 3.05) is 14.2 Å². The van der Waals surface area contributed by atoms with Crippen molar-refractivity contribution in [2.24, 2.45) is 10.2 Å². The second-order valence-corrected chi connectivity index (χ2v) is 10.4. The predicted octanol–water partition coefficient (Wildman–Crippen LogP) is 5.36. The minimum atomic E-state index is -1.87. The molecule has 9 nitrogen and oxygen atoms in total. The number of hydrogen-bond acceptors (Lipinski definition) is 9. The minimum Gasteiger partial charge on any atom is -0.467 e. The van der Waals surface area contributed by atoms with Gasteiger partial charge in [0, 0.05) is 17.3 Å². The van der Waals surface area contributed by atoms with E-state index in [0.717, 1.165) is 10.0 Å². The molecule has 2 aromatic rings. The fourth-order valence-corrected chi connectivity index (χ4v) is 4.36. The van der Waals surface area contributed by atoms with Crippen LogP contribution in [0, 0.1) is 0 Å². The summed E-state index contributed by atoms with van der Waals surface area (Å²) in [6.07, 6.45) is -2.45. The van der Waals surface area contributed by atoms with E-state index in [-0.39, 0.29) is 12.8 Å². The normalized spacial score (nSPS) is 21.9. The number of esters is 2. The SMILES string of the molecule is COC(=O)[C@@]1(Cc2ccccc2)C[C@](C(=O)OC)([C@@H](OC(=O)OC(C)(C)C)c2ccc(Br)cc2)N=N1. The Hall–Kier alpha value is -3.27. The van der Waals surface area contributed by atoms with Crippen LogP contribution in [0.25, 0.3) is 0 Å². The van der Waals surface area contributed by atoms with Gasteiger partial charge in [0.25, 0.3) is 0 Å². The van der Waals surface area contributed by atoms with Crippen LogP contribution >= 0.6 is 15.9 Å². The summed E-state index contributed by atoms with van der Waals surface area (Å²) in [5.74, 6) is -1.49. The molecule has 0 aromatic heterocycles. The molecular weight excluding hydrogens is 532 g/mol. The summed E-state index contributed by atoms with van der Waals surface area (Å²) in [5, 5.41) is 8.62. The molecule has 0 radical (unpaired) electrons. The molecule has 0 bridgehead atoms. The van der Waals surface area contributed by atoms with Gasteiger partial charge in [-0.3, -0.25) is 0 Å². The predicted molar refractivity (Wildman–Crippen MR) is 133 cm³/mol.